The number of benzene rings is 1. The second-order valence-corrected chi connectivity index (χ2v) is 6.09. The number of H-pyrrole nitrogens is 1. The number of nitrogen functional groups attached to an aromatic ring is 1. The first-order chi connectivity index (χ1) is 11.6. The fourth-order valence-electron chi connectivity index (χ4n) is 3.43. The van der Waals surface area contributed by atoms with Gasteiger partial charge in [-0.1, -0.05) is 30.4 Å². The largest absolute Gasteiger partial charge is 0.382 e. The number of amides is 1. The van der Waals surface area contributed by atoms with Crippen molar-refractivity contribution in [1.82, 2.24) is 15.2 Å². The lowest BCUT2D eigenvalue weighted by Gasteiger charge is -2.22. The summed E-state index contributed by atoms with van der Waals surface area (Å²) in [6.07, 6.45) is 2.44. The van der Waals surface area contributed by atoms with Crippen molar-refractivity contribution in [2.75, 3.05) is 5.73 Å². The van der Waals surface area contributed by atoms with Gasteiger partial charge in [-0.15, -0.1) is 0 Å². The number of carbonyl (C=O) groups is 1. The number of aromatic amines is 1. The molecule has 6 nitrogen and oxygen atoms in total. The molecule has 6 heteroatoms. The smallest absolute Gasteiger partial charge is 0.249 e. The third-order valence-corrected chi connectivity index (χ3v) is 4.55. The molecule has 0 bridgehead atoms. The van der Waals surface area contributed by atoms with Crippen LogP contribution in [-0.4, -0.2) is 21.1 Å². The topological polar surface area (TPSA) is 111 Å². The minimum Gasteiger partial charge on any atom is -0.382 e. The molecule has 0 atom stereocenters. The van der Waals surface area contributed by atoms with Crippen LogP contribution in [0.2, 0.25) is 0 Å². The Hall–Kier alpha value is -3.15. The van der Waals surface area contributed by atoms with Gasteiger partial charge in [0.1, 0.15) is 0 Å². The summed E-state index contributed by atoms with van der Waals surface area (Å²) in [6, 6.07) is 7.27. The maximum Gasteiger partial charge on any atom is 0.249 e. The van der Waals surface area contributed by atoms with Gasteiger partial charge in [0.2, 0.25) is 5.91 Å². The fraction of sp³-hybridized carbons (Fsp3) is 0.167. The number of nitrogens with zero attached hydrogens (tertiary/aromatic N) is 2. The Kier molecular flexibility index (Phi) is 3.13. The lowest BCUT2D eigenvalue weighted by atomic mass is 9.84. The number of aromatic nitrogens is 3. The van der Waals surface area contributed by atoms with E-state index in [1.54, 1.807) is 12.1 Å². The Morgan fingerprint density at radius 3 is 2.79 bits per heavy atom. The van der Waals surface area contributed by atoms with Crippen molar-refractivity contribution < 1.29 is 4.79 Å². The Morgan fingerprint density at radius 1 is 1.21 bits per heavy atom. The fourth-order valence-corrected chi connectivity index (χ4v) is 3.43. The molecular weight excluding hydrogens is 302 g/mol. The summed E-state index contributed by atoms with van der Waals surface area (Å²) in [5.74, 6) is -0.0243. The van der Waals surface area contributed by atoms with Crippen molar-refractivity contribution in [3.05, 3.63) is 53.1 Å². The highest BCUT2D eigenvalue weighted by Crippen LogP contribution is 2.38. The van der Waals surface area contributed by atoms with Gasteiger partial charge in [0.25, 0.3) is 0 Å². The lowest BCUT2D eigenvalue weighted by Crippen LogP contribution is -2.14. The molecule has 1 aliphatic rings. The number of hydrogen-bond acceptors (Lipinski definition) is 4. The molecule has 0 fully saturated rings. The summed E-state index contributed by atoms with van der Waals surface area (Å²) in [5.41, 5.74) is 17.5. The van der Waals surface area contributed by atoms with Crippen molar-refractivity contribution in [2.45, 2.75) is 19.3 Å². The molecule has 1 amide bonds. The molecule has 1 aromatic carbocycles. The van der Waals surface area contributed by atoms with Gasteiger partial charge in [-0.3, -0.25) is 9.89 Å². The molecule has 0 radical (unpaired) electrons. The number of pyridine rings is 1. The lowest BCUT2D eigenvalue weighted by molar-refractivity contribution is 0.100. The molecule has 0 spiro atoms. The number of anilines is 1. The molecule has 1 aliphatic carbocycles. The third kappa shape index (κ3) is 2.07. The monoisotopic (exact) mass is 319 g/mol. The van der Waals surface area contributed by atoms with E-state index in [0.717, 1.165) is 52.6 Å². The molecule has 0 unspecified atom stereocenters. The highest BCUT2D eigenvalue weighted by atomic mass is 16.1. The molecule has 2 aromatic heterocycles. The number of allylic oxidation sites excluding steroid dienone is 1. The number of hydrogen-bond donors (Lipinski definition) is 3. The third-order valence-electron chi connectivity index (χ3n) is 4.55. The minimum atomic E-state index is -0.467. The van der Waals surface area contributed by atoms with Crippen LogP contribution in [0.5, 0.6) is 0 Å². The van der Waals surface area contributed by atoms with Crippen molar-refractivity contribution >= 4 is 22.8 Å². The highest BCUT2D eigenvalue weighted by Gasteiger charge is 2.25. The van der Waals surface area contributed by atoms with E-state index in [4.69, 9.17) is 16.5 Å². The minimum absolute atomic E-state index is 0.443. The van der Waals surface area contributed by atoms with Crippen LogP contribution in [0, 0.1) is 0 Å². The van der Waals surface area contributed by atoms with Crippen molar-refractivity contribution in [2.24, 2.45) is 5.73 Å². The van der Waals surface area contributed by atoms with E-state index in [2.05, 4.69) is 16.8 Å². The number of nitrogens with two attached hydrogens (primary N) is 2. The van der Waals surface area contributed by atoms with Crippen LogP contribution < -0.4 is 11.5 Å². The maximum atomic E-state index is 11.8. The average Bonchev–Trinajstić information content (AvgIpc) is 2.95. The summed E-state index contributed by atoms with van der Waals surface area (Å²) in [5, 5.41) is 7.82. The highest BCUT2D eigenvalue weighted by molar-refractivity contribution is 6.01. The van der Waals surface area contributed by atoms with Gasteiger partial charge in [0.15, 0.2) is 11.5 Å². The van der Waals surface area contributed by atoms with E-state index in [9.17, 15) is 4.79 Å². The number of nitrogens with one attached hydrogen (secondary N) is 1. The van der Waals surface area contributed by atoms with E-state index >= 15 is 0 Å². The molecular formula is C18H17N5O. The van der Waals surface area contributed by atoms with E-state index in [-0.39, 0.29) is 0 Å². The normalized spacial score (nSPS) is 13.9. The summed E-state index contributed by atoms with van der Waals surface area (Å²) in [6.45, 7) is 4.12. The second kappa shape index (κ2) is 5.19. The van der Waals surface area contributed by atoms with Crippen LogP contribution in [0.3, 0.4) is 0 Å². The van der Waals surface area contributed by atoms with Gasteiger partial charge in [0.05, 0.1) is 11.1 Å². The molecule has 4 rings (SSSR count). The SMILES string of the molecule is C=C1CCc2c(-c3ccccc3C(N)=O)nc3[nH]nc(N)c3c2C1. The predicted molar refractivity (Wildman–Crippen MR) is 93.4 cm³/mol. The van der Waals surface area contributed by atoms with Crippen molar-refractivity contribution in [1.29, 1.82) is 0 Å². The van der Waals surface area contributed by atoms with Crippen LogP contribution >= 0.6 is 0 Å². The Labute approximate surface area is 138 Å². The standard InChI is InChI=1S/C18H17N5O/c1-9-6-7-11-13(8-9)14-16(19)22-23-18(14)21-15(11)10-4-2-3-5-12(10)17(20)24/h2-5H,1,6-8H2,(H2,20,24)(H3,19,21,22,23). The van der Waals surface area contributed by atoms with E-state index in [1.807, 2.05) is 12.1 Å². The predicted octanol–water partition coefficient (Wildman–Crippen LogP) is 2.35. The van der Waals surface area contributed by atoms with Gasteiger partial charge >= 0.3 is 0 Å². The van der Waals surface area contributed by atoms with Crippen LogP contribution in [0.4, 0.5) is 5.82 Å². The first-order valence-corrected chi connectivity index (χ1v) is 7.77. The summed E-state index contributed by atoms with van der Waals surface area (Å²) in [4.78, 5) is 16.5. The van der Waals surface area contributed by atoms with Crippen LogP contribution in [0.1, 0.15) is 27.9 Å². The number of rotatable bonds is 2. The summed E-state index contributed by atoms with van der Waals surface area (Å²) in [7, 11) is 0. The van der Waals surface area contributed by atoms with Gasteiger partial charge < -0.3 is 11.5 Å². The Bertz CT molecular complexity index is 1000. The van der Waals surface area contributed by atoms with Gasteiger partial charge in [-0.2, -0.15) is 5.10 Å². The summed E-state index contributed by atoms with van der Waals surface area (Å²) >= 11 is 0. The van der Waals surface area contributed by atoms with Crippen LogP contribution in [-0.2, 0) is 12.8 Å². The van der Waals surface area contributed by atoms with E-state index in [1.165, 1.54) is 0 Å². The second-order valence-electron chi connectivity index (χ2n) is 6.09. The molecule has 2 heterocycles. The van der Waals surface area contributed by atoms with Gasteiger partial charge in [0, 0.05) is 11.1 Å². The summed E-state index contributed by atoms with van der Waals surface area (Å²) < 4.78 is 0. The zero-order chi connectivity index (χ0) is 16.8. The molecule has 0 saturated heterocycles. The van der Waals surface area contributed by atoms with Crippen LogP contribution in [0.15, 0.2) is 36.4 Å². The van der Waals surface area contributed by atoms with E-state index < -0.39 is 5.91 Å². The van der Waals surface area contributed by atoms with E-state index in [0.29, 0.717) is 17.0 Å². The van der Waals surface area contributed by atoms with Crippen molar-refractivity contribution in [3.63, 3.8) is 0 Å². The molecule has 3 aromatic rings. The zero-order valence-electron chi connectivity index (χ0n) is 13.1. The quantitative estimate of drug-likeness (QED) is 0.629. The zero-order valence-corrected chi connectivity index (χ0v) is 13.1. The van der Waals surface area contributed by atoms with Crippen LogP contribution in [0.25, 0.3) is 22.3 Å². The number of fused-ring (bicyclic) bond motifs is 3. The average molecular weight is 319 g/mol. The molecule has 24 heavy (non-hydrogen) atoms. The maximum absolute atomic E-state index is 11.8. The number of carbonyl (C=O) groups excluding carboxylic acids is 1. The molecule has 120 valence electrons. The first-order valence-electron chi connectivity index (χ1n) is 7.77. The van der Waals surface area contributed by atoms with Crippen molar-refractivity contribution in [3.8, 4) is 11.3 Å². The first kappa shape index (κ1) is 14.4. The Morgan fingerprint density at radius 2 is 2.00 bits per heavy atom. The van der Waals surface area contributed by atoms with Gasteiger partial charge in [-0.25, -0.2) is 4.98 Å². The van der Waals surface area contributed by atoms with Gasteiger partial charge in [-0.05, 0) is 36.5 Å². The number of primary amides is 1. The molecule has 5 N–H and O–H groups in total. The molecule has 0 aliphatic heterocycles. The Balaban J connectivity index is 2.08. The molecule has 0 saturated carbocycles.